The molecule has 5 nitrogen and oxygen atoms in total. The molecule has 0 radical (unpaired) electrons. The number of amides is 1. The van der Waals surface area contributed by atoms with Crippen LogP contribution in [-0.4, -0.2) is 18.0 Å². The number of pyridine rings is 1. The Bertz CT molecular complexity index is 659. The van der Waals surface area contributed by atoms with Crippen molar-refractivity contribution in [3.63, 3.8) is 0 Å². The lowest BCUT2D eigenvalue weighted by atomic mass is 10.1. The zero-order valence-corrected chi connectivity index (χ0v) is 12.6. The van der Waals surface area contributed by atoms with E-state index in [9.17, 15) is 4.79 Å². The van der Waals surface area contributed by atoms with Crippen LogP contribution in [0.25, 0.3) is 0 Å². The number of aryl methyl sites for hydroxylation is 1. The van der Waals surface area contributed by atoms with Crippen molar-refractivity contribution in [1.82, 2.24) is 4.98 Å². The Balaban J connectivity index is 2.40. The molecular formula is C14H13BrN2O3. The predicted octanol–water partition coefficient (Wildman–Crippen LogP) is 3.05. The topological polar surface area (TPSA) is 74.4 Å². The van der Waals surface area contributed by atoms with E-state index >= 15 is 0 Å². The third-order valence-electron chi connectivity index (χ3n) is 2.72. The second kappa shape index (κ2) is 5.92. The van der Waals surface area contributed by atoms with Crippen molar-refractivity contribution in [2.75, 3.05) is 7.11 Å². The molecule has 0 spiro atoms. The summed E-state index contributed by atoms with van der Waals surface area (Å²) in [6, 6.07) is 6.93. The van der Waals surface area contributed by atoms with Crippen LogP contribution in [0.5, 0.6) is 17.4 Å². The van der Waals surface area contributed by atoms with Crippen LogP contribution in [0.4, 0.5) is 0 Å². The van der Waals surface area contributed by atoms with Crippen LogP contribution >= 0.6 is 15.9 Å². The maximum Gasteiger partial charge on any atom is 0.254 e. The summed E-state index contributed by atoms with van der Waals surface area (Å²) in [6.45, 7) is 1.78. The summed E-state index contributed by atoms with van der Waals surface area (Å²) in [5.74, 6) is 0.821. The fraction of sp³-hybridized carbons (Fsp3) is 0.143. The van der Waals surface area contributed by atoms with Crippen LogP contribution in [0.15, 0.2) is 34.9 Å². The Morgan fingerprint density at radius 1 is 1.35 bits per heavy atom. The highest BCUT2D eigenvalue weighted by Gasteiger charge is 2.16. The van der Waals surface area contributed by atoms with Gasteiger partial charge in [-0.3, -0.25) is 4.79 Å². The van der Waals surface area contributed by atoms with Crippen molar-refractivity contribution in [3.8, 4) is 17.4 Å². The Labute approximate surface area is 124 Å². The second-order valence-corrected chi connectivity index (χ2v) is 4.93. The summed E-state index contributed by atoms with van der Waals surface area (Å²) < 4.78 is 11.5. The molecule has 0 saturated heterocycles. The Kier molecular flexibility index (Phi) is 4.24. The van der Waals surface area contributed by atoms with Gasteiger partial charge in [0.05, 0.1) is 11.6 Å². The SMILES string of the molecule is COc1ccc(Oc2nccc(C)c2C(N)=O)c(Br)c1. The minimum Gasteiger partial charge on any atom is -0.497 e. The third-order valence-corrected chi connectivity index (χ3v) is 3.34. The van der Waals surface area contributed by atoms with Crippen molar-refractivity contribution >= 4 is 21.8 Å². The molecule has 2 N–H and O–H groups in total. The number of benzene rings is 1. The first-order chi connectivity index (χ1) is 9.52. The Hall–Kier alpha value is -2.08. The molecule has 0 aliphatic carbocycles. The predicted molar refractivity (Wildman–Crippen MR) is 78.3 cm³/mol. The average molecular weight is 337 g/mol. The molecule has 6 heteroatoms. The molecule has 0 atom stereocenters. The highest BCUT2D eigenvalue weighted by molar-refractivity contribution is 9.10. The normalized spacial score (nSPS) is 10.2. The van der Waals surface area contributed by atoms with Gasteiger partial charge in [0.1, 0.15) is 17.1 Å². The molecule has 0 unspecified atom stereocenters. The lowest BCUT2D eigenvalue weighted by Gasteiger charge is -2.11. The van der Waals surface area contributed by atoms with Crippen molar-refractivity contribution in [3.05, 3.63) is 46.1 Å². The average Bonchev–Trinajstić information content (AvgIpc) is 2.40. The maximum atomic E-state index is 11.5. The van der Waals surface area contributed by atoms with E-state index in [1.54, 1.807) is 44.5 Å². The summed E-state index contributed by atoms with van der Waals surface area (Å²) in [7, 11) is 1.58. The lowest BCUT2D eigenvalue weighted by molar-refractivity contribution is 0.0997. The van der Waals surface area contributed by atoms with E-state index in [-0.39, 0.29) is 11.4 Å². The molecule has 0 aliphatic heterocycles. The Morgan fingerprint density at radius 2 is 2.10 bits per heavy atom. The highest BCUT2D eigenvalue weighted by Crippen LogP contribution is 2.33. The number of aromatic nitrogens is 1. The number of hydrogen-bond donors (Lipinski definition) is 1. The zero-order chi connectivity index (χ0) is 14.7. The van der Waals surface area contributed by atoms with Crippen LogP contribution in [0, 0.1) is 6.92 Å². The number of methoxy groups -OCH3 is 1. The first-order valence-corrected chi connectivity index (χ1v) is 6.59. The van der Waals surface area contributed by atoms with Crippen LogP contribution in [0.1, 0.15) is 15.9 Å². The maximum absolute atomic E-state index is 11.5. The molecule has 0 bridgehead atoms. The van der Waals surface area contributed by atoms with Crippen molar-refractivity contribution in [1.29, 1.82) is 0 Å². The number of nitrogens with zero attached hydrogens (tertiary/aromatic N) is 1. The van der Waals surface area contributed by atoms with Crippen LogP contribution in [0.3, 0.4) is 0 Å². The summed E-state index contributed by atoms with van der Waals surface area (Å²) in [5.41, 5.74) is 6.35. The van der Waals surface area contributed by atoms with E-state index in [1.807, 2.05) is 0 Å². The first kappa shape index (κ1) is 14.3. The van der Waals surface area contributed by atoms with Gasteiger partial charge in [-0.2, -0.15) is 0 Å². The largest absolute Gasteiger partial charge is 0.497 e. The number of halogens is 1. The van der Waals surface area contributed by atoms with E-state index in [4.69, 9.17) is 15.2 Å². The van der Waals surface area contributed by atoms with E-state index < -0.39 is 5.91 Å². The van der Waals surface area contributed by atoms with Gasteiger partial charge in [0, 0.05) is 6.20 Å². The smallest absolute Gasteiger partial charge is 0.254 e. The molecule has 1 heterocycles. The van der Waals surface area contributed by atoms with Crippen LogP contribution < -0.4 is 15.2 Å². The van der Waals surface area contributed by atoms with Gasteiger partial charge in [0.15, 0.2) is 0 Å². The van der Waals surface area contributed by atoms with E-state index in [2.05, 4.69) is 20.9 Å². The third kappa shape index (κ3) is 2.91. The lowest BCUT2D eigenvalue weighted by Crippen LogP contribution is -2.14. The van der Waals surface area contributed by atoms with Gasteiger partial charge in [0.25, 0.3) is 5.91 Å². The van der Waals surface area contributed by atoms with Gasteiger partial charge in [-0.25, -0.2) is 4.98 Å². The quantitative estimate of drug-likeness (QED) is 0.930. The summed E-state index contributed by atoms with van der Waals surface area (Å²) in [4.78, 5) is 15.6. The number of primary amides is 1. The molecule has 0 fully saturated rings. The van der Waals surface area contributed by atoms with E-state index in [1.165, 1.54) is 0 Å². The minimum absolute atomic E-state index is 0.184. The summed E-state index contributed by atoms with van der Waals surface area (Å²) in [6.07, 6.45) is 1.56. The molecule has 104 valence electrons. The molecule has 20 heavy (non-hydrogen) atoms. The molecule has 1 aromatic heterocycles. The number of carbonyl (C=O) groups excluding carboxylic acids is 1. The molecule has 2 aromatic rings. The first-order valence-electron chi connectivity index (χ1n) is 5.79. The van der Waals surface area contributed by atoms with Gasteiger partial charge in [-0.05, 0) is 52.7 Å². The number of hydrogen-bond acceptors (Lipinski definition) is 4. The molecule has 1 aromatic carbocycles. The highest BCUT2D eigenvalue weighted by atomic mass is 79.9. The number of nitrogens with two attached hydrogens (primary N) is 1. The minimum atomic E-state index is -0.574. The number of ether oxygens (including phenoxy) is 2. The van der Waals surface area contributed by atoms with Crippen molar-refractivity contribution < 1.29 is 14.3 Å². The monoisotopic (exact) mass is 336 g/mol. The summed E-state index contributed by atoms with van der Waals surface area (Å²) in [5, 5.41) is 0. The van der Waals surface area contributed by atoms with Gasteiger partial charge in [-0.1, -0.05) is 0 Å². The van der Waals surface area contributed by atoms with Crippen LogP contribution in [0.2, 0.25) is 0 Å². The summed E-state index contributed by atoms with van der Waals surface area (Å²) >= 11 is 3.38. The molecule has 0 aliphatic rings. The standard InChI is InChI=1S/C14H13BrN2O3/c1-8-5-6-17-14(12(8)13(16)18)20-11-4-3-9(19-2)7-10(11)15/h3-7H,1-2H3,(H2,16,18). The molecule has 1 amide bonds. The molecular weight excluding hydrogens is 324 g/mol. The second-order valence-electron chi connectivity index (χ2n) is 4.07. The molecule has 2 rings (SSSR count). The van der Waals surface area contributed by atoms with Gasteiger partial charge in [0.2, 0.25) is 5.88 Å². The van der Waals surface area contributed by atoms with Gasteiger partial charge in [-0.15, -0.1) is 0 Å². The fourth-order valence-electron chi connectivity index (χ4n) is 1.71. The van der Waals surface area contributed by atoms with E-state index in [0.717, 1.165) is 0 Å². The van der Waals surface area contributed by atoms with Gasteiger partial charge < -0.3 is 15.2 Å². The fourth-order valence-corrected chi connectivity index (χ4v) is 2.14. The zero-order valence-electron chi connectivity index (χ0n) is 11.0. The van der Waals surface area contributed by atoms with Crippen molar-refractivity contribution in [2.24, 2.45) is 5.73 Å². The van der Waals surface area contributed by atoms with Gasteiger partial charge >= 0.3 is 0 Å². The number of carbonyl (C=O) groups is 1. The van der Waals surface area contributed by atoms with Crippen molar-refractivity contribution in [2.45, 2.75) is 6.92 Å². The molecule has 0 saturated carbocycles. The van der Waals surface area contributed by atoms with Crippen LogP contribution in [-0.2, 0) is 0 Å². The van der Waals surface area contributed by atoms with E-state index in [0.29, 0.717) is 21.5 Å². The Morgan fingerprint density at radius 3 is 2.70 bits per heavy atom. The number of rotatable bonds is 4.